The van der Waals surface area contributed by atoms with E-state index in [2.05, 4.69) is 30.5 Å². The Labute approximate surface area is 170 Å². The summed E-state index contributed by atoms with van der Waals surface area (Å²) < 4.78 is 5.42. The molecule has 1 atom stereocenters. The van der Waals surface area contributed by atoms with Crippen LogP contribution in [0.25, 0.3) is 10.8 Å². The molecule has 1 amide bonds. The third-order valence-electron chi connectivity index (χ3n) is 4.89. The maximum absolute atomic E-state index is 12.8. The van der Waals surface area contributed by atoms with Crippen LogP contribution in [-0.4, -0.2) is 18.1 Å². The van der Waals surface area contributed by atoms with E-state index in [-0.39, 0.29) is 11.0 Å². The van der Waals surface area contributed by atoms with Gasteiger partial charge in [-0.1, -0.05) is 56.3 Å². The molecule has 0 fully saturated rings. The fourth-order valence-corrected chi connectivity index (χ4v) is 3.35. The molecule has 0 bridgehead atoms. The van der Waals surface area contributed by atoms with E-state index < -0.39 is 0 Å². The number of thiocarbonyl (C=S) groups is 1. The molecule has 3 aromatic rings. The zero-order chi connectivity index (χ0) is 20.1. The molecule has 3 rings (SSSR count). The number of nitrogens with one attached hydrogen (secondary N) is 2. The highest BCUT2D eigenvalue weighted by atomic mass is 32.1. The van der Waals surface area contributed by atoms with Crippen LogP contribution >= 0.6 is 12.2 Å². The lowest BCUT2D eigenvalue weighted by molar-refractivity contribution is 0.0975. The predicted molar refractivity (Wildman–Crippen MR) is 119 cm³/mol. The number of hydrogen-bond donors (Lipinski definition) is 2. The lowest BCUT2D eigenvalue weighted by Crippen LogP contribution is -2.34. The minimum absolute atomic E-state index is 0.260. The van der Waals surface area contributed by atoms with E-state index in [0.717, 1.165) is 22.9 Å². The topological polar surface area (TPSA) is 50.4 Å². The molecule has 3 aromatic carbocycles. The van der Waals surface area contributed by atoms with Crippen LogP contribution in [0.5, 0.6) is 5.75 Å². The standard InChI is InChI=1S/C23H24N2O2S/c1-4-15(2)18-11-7-8-12-20(18)24-23(28)25-22(26)19-13-16-9-5-6-10-17(16)14-21(19)27-3/h5-15H,4H2,1-3H3,(H2,24,25,26,28)/t15-/m1/s1. The van der Waals surface area contributed by atoms with Gasteiger partial charge in [0, 0.05) is 5.69 Å². The molecule has 0 aliphatic heterocycles. The lowest BCUT2D eigenvalue weighted by atomic mass is 9.97. The third-order valence-corrected chi connectivity index (χ3v) is 5.10. The van der Waals surface area contributed by atoms with Gasteiger partial charge in [-0.05, 0) is 59.1 Å². The Bertz CT molecular complexity index is 1020. The summed E-state index contributed by atoms with van der Waals surface area (Å²) >= 11 is 5.39. The van der Waals surface area contributed by atoms with Crippen LogP contribution in [0, 0.1) is 0 Å². The number of carbonyl (C=O) groups excluding carboxylic acids is 1. The van der Waals surface area contributed by atoms with Crippen molar-refractivity contribution in [3.63, 3.8) is 0 Å². The summed E-state index contributed by atoms with van der Waals surface area (Å²) in [5, 5.41) is 8.17. The lowest BCUT2D eigenvalue weighted by Gasteiger charge is -2.17. The molecule has 0 spiro atoms. The van der Waals surface area contributed by atoms with Crippen LogP contribution in [-0.2, 0) is 0 Å². The molecule has 0 saturated carbocycles. The van der Waals surface area contributed by atoms with Gasteiger partial charge >= 0.3 is 0 Å². The molecule has 0 aliphatic carbocycles. The normalized spacial score (nSPS) is 11.7. The van der Waals surface area contributed by atoms with Crippen LogP contribution in [0.2, 0.25) is 0 Å². The van der Waals surface area contributed by atoms with Crippen molar-refractivity contribution in [2.24, 2.45) is 0 Å². The summed E-state index contributed by atoms with van der Waals surface area (Å²) in [5.74, 6) is 0.600. The Kier molecular flexibility index (Phi) is 6.26. The Hall–Kier alpha value is -2.92. The fourth-order valence-electron chi connectivity index (χ4n) is 3.15. The highest BCUT2D eigenvalue weighted by molar-refractivity contribution is 7.80. The van der Waals surface area contributed by atoms with Crippen LogP contribution in [0.15, 0.2) is 60.7 Å². The first-order valence-corrected chi connectivity index (χ1v) is 9.72. The van der Waals surface area contributed by atoms with Gasteiger partial charge in [0.05, 0.1) is 12.7 Å². The molecular weight excluding hydrogens is 368 g/mol. The van der Waals surface area contributed by atoms with Gasteiger partial charge in [0.1, 0.15) is 5.75 Å². The van der Waals surface area contributed by atoms with Gasteiger partial charge in [-0.2, -0.15) is 0 Å². The molecule has 0 aromatic heterocycles. The first kappa shape index (κ1) is 19.8. The smallest absolute Gasteiger partial charge is 0.261 e. The first-order chi connectivity index (χ1) is 13.5. The summed E-state index contributed by atoms with van der Waals surface area (Å²) in [4.78, 5) is 12.8. The molecule has 2 N–H and O–H groups in total. The number of rotatable bonds is 5. The van der Waals surface area contributed by atoms with Crippen molar-refractivity contribution in [3.05, 3.63) is 71.8 Å². The van der Waals surface area contributed by atoms with Crippen molar-refractivity contribution in [1.29, 1.82) is 0 Å². The Morgan fingerprint density at radius 3 is 2.39 bits per heavy atom. The number of anilines is 1. The number of fused-ring (bicyclic) bond motifs is 1. The van der Waals surface area contributed by atoms with E-state index in [1.807, 2.05) is 54.6 Å². The summed E-state index contributed by atoms with van der Waals surface area (Å²) in [6.45, 7) is 4.32. The highest BCUT2D eigenvalue weighted by Crippen LogP contribution is 2.27. The highest BCUT2D eigenvalue weighted by Gasteiger charge is 2.16. The van der Waals surface area contributed by atoms with Crippen molar-refractivity contribution in [3.8, 4) is 5.75 Å². The minimum Gasteiger partial charge on any atom is -0.496 e. The Morgan fingerprint density at radius 1 is 1.07 bits per heavy atom. The first-order valence-electron chi connectivity index (χ1n) is 9.31. The second-order valence-corrected chi connectivity index (χ2v) is 7.11. The Morgan fingerprint density at radius 2 is 1.71 bits per heavy atom. The average Bonchev–Trinajstić information content (AvgIpc) is 2.72. The molecule has 5 heteroatoms. The maximum Gasteiger partial charge on any atom is 0.261 e. The zero-order valence-electron chi connectivity index (χ0n) is 16.3. The van der Waals surface area contributed by atoms with Gasteiger partial charge in [-0.3, -0.25) is 10.1 Å². The fraction of sp³-hybridized carbons (Fsp3) is 0.217. The van der Waals surface area contributed by atoms with Crippen LogP contribution < -0.4 is 15.4 Å². The van der Waals surface area contributed by atoms with Gasteiger partial charge in [0.2, 0.25) is 0 Å². The minimum atomic E-state index is -0.305. The average molecular weight is 393 g/mol. The predicted octanol–water partition coefficient (Wildman–Crippen LogP) is 5.49. The second kappa shape index (κ2) is 8.85. The quantitative estimate of drug-likeness (QED) is 0.564. The summed E-state index contributed by atoms with van der Waals surface area (Å²) in [6, 6.07) is 19.5. The zero-order valence-corrected chi connectivity index (χ0v) is 17.1. The van der Waals surface area contributed by atoms with E-state index in [1.54, 1.807) is 7.11 Å². The van der Waals surface area contributed by atoms with E-state index in [9.17, 15) is 4.79 Å². The van der Waals surface area contributed by atoms with Crippen LogP contribution in [0.4, 0.5) is 5.69 Å². The summed E-state index contributed by atoms with van der Waals surface area (Å²) in [7, 11) is 1.56. The van der Waals surface area contributed by atoms with Crippen molar-refractivity contribution in [2.45, 2.75) is 26.2 Å². The van der Waals surface area contributed by atoms with Gasteiger partial charge in [0.25, 0.3) is 5.91 Å². The van der Waals surface area contributed by atoms with Gasteiger partial charge in [-0.15, -0.1) is 0 Å². The molecule has 4 nitrogen and oxygen atoms in total. The number of carbonyl (C=O) groups is 1. The number of methoxy groups -OCH3 is 1. The second-order valence-electron chi connectivity index (χ2n) is 6.70. The van der Waals surface area contributed by atoms with Crippen molar-refractivity contribution in [2.75, 3.05) is 12.4 Å². The monoisotopic (exact) mass is 392 g/mol. The van der Waals surface area contributed by atoms with E-state index >= 15 is 0 Å². The number of hydrogen-bond acceptors (Lipinski definition) is 3. The molecule has 0 aliphatic rings. The van der Waals surface area contributed by atoms with Gasteiger partial charge in [-0.25, -0.2) is 0 Å². The number of ether oxygens (including phenoxy) is 1. The van der Waals surface area contributed by atoms with E-state index in [4.69, 9.17) is 17.0 Å². The largest absolute Gasteiger partial charge is 0.496 e. The third kappa shape index (κ3) is 4.31. The van der Waals surface area contributed by atoms with E-state index in [1.165, 1.54) is 5.56 Å². The molecule has 28 heavy (non-hydrogen) atoms. The van der Waals surface area contributed by atoms with Gasteiger partial charge in [0.15, 0.2) is 5.11 Å². The molecule has 144 valence electrons. The van der Waals surface area contributed by atoms with Crippen LogP contribution in [0.3, 0.4) is 0 Å². The molecule has 0 radical (unpaired) electrons. The number of amides is 1. The van der Waals surface area contributed by atoms with Crippen molar-refractivity contribution in [1.82, 2.24) is 5.32 Å². The summed E-state index contributed by atoms with van der Waals surface area (Å²) in [5.41, 5.74) is 2.53. The van der Waals surface area contributed by atoms with Crippen LogP contribution in [0.1, 0.15) is 42.1 Å². The SMILES string of the molecule is CC[C@@H](C)c1ccccc1NC(=S)NC(=O)c1cc2ccccc2cc1OC. The van der Waals surface area contributed by atoms with Gasteiger partial charge < -0.3 is 10.1 Å². The molecule has 0 heterocycles. The van der Waals surface area contributed by atoms with Crippen molar-refractivity contribution < 1.29 is 9.53 Å². The number of benzene rings is 3. The summed E-state index contributed by atoms with van der Waals surface area (Å²) in [6.07, 6.45) is 1.02. The van der Waals surface area contributed by atoms with E-state index in [0.29, 0.717) is 17.2 Å². The van der Waals surface area contributed by atoms with Crippen molar-refractivity contribution >= 4 is 39.7 Å². The number of para-hydroxylation sites is 1. The Balaban J connectivity index is 1.80. The maximum atomic E-state index is 12.8. The molecule has 0 saturated heterocycles. The molecular formula is C23H24N2O2S. The molecule has 0 unspecified atom stereocenters.